The normalized spacial score (nSPS) is 23.8. The molecule has 0 radical (unpaired) electrons. The van der Waals surface area contributed by atoms with E-state index in [2.05, 4.69) is 5.32 Å². The third-order valence-corrected chi connectivity index (χ3v) is 3.89. The predicted molar refractivity (Wildman–Crippen MR) is 70.6 cm³/mol. The largest absolute Gasteiger partial charge is 0.381 e. The van der Waals surface area contributed by atoms with Gasteiger partial charge in [-0.1, -0.05) is 0 Å². The Bertz CT molecular complexity index is 437. The van der Waals surface area contributed by atoms with Gasteiger partial charge in [0.25, 0.3) is 5.91 Å². The van der Waals surface area contributed by atoms with Gasteiger partial charge in [-0.15, -0.1) is 0 Å². The van der Waals surface area contributed by atoms with Crippen LogP contribution in [0.2, 0.25) is 0 Å². The third kappa shape index (κ3) is 2.63. The summed E-state index contributed by atoms with van der Waals surface area (Å²) < 4.78 is 0. The number of carbonyl (C=O) groups excluding carboxylic acids is 3. The van der Waals surface area contributed by atoms with Gasteiger partial charge in [-0.2, -0.15) is 0 Å². The Hall–Kier alpha value is -1.63. The molecule has 2 N–H and O–H groups in total. The number of hydrogen-bond donors (Lipinski definition) is 2. The lowest BCUT2D eigenvalue weighted by Crippen LogP contribution is -2.64. The van der Waals surface area contributed by atoms with Crippen LogP contribution < -0.4 is 5.32 Å². The summed E-state index contributed by atoms with van der Waals surface area (Å²) in [5.74, 6) is -0.793. The summed E-state index contributed by atoms with van der Waals surface area (Å²) in [5.41, 5.74) is -1.38. The Balaban J connectivity index is 1.89. The van der Waals surface area contributed by atoms with E-state index in [0.717, 1.165) is 0 Å². The van der Waals surface area contributed by atoms with E-state index in [9.17, 15) is 19.5 Å². The van der Waals surface area contributed by atoms with Gasteiger partial charge in [-0.05, 0) is 13.8 Å². The lowest BCUT2D eigenvalue weighted by Gasteiger charge is -2.45. The standard InChI is InChI=1S/C13H21N3O4/c1-13(2,20)12(19)15-6-9(7-15)16-5-8(4-10(16)17)11(18)14-3/h8-9,20H,4-7H2,1-3H3,(H,14,18). The highest BCUT2D eigenvalue weighted by Crippen LogP contribution is 2.26. The van der Waals surface area contributed by atoms with E-state index in [1.165, 1.54) is 18.7 Å². The van der Waals surface area contributed by atoms with E-state index >= 15 is 0 Å². The molecule has 20 heavy (non-hydrogen) atoms. The molecule has 2 rings (SSSR count). The highest BCUT2D eigenvalue weighted by Gasteiger charge is 2.45. The van der Waals surface area contributed by atoms with Crippen LogP contribution in [0.1, 0.15) is 20.3 Å². The van der Waals surface area contributed by atoms with Gasteiger partial charge in [0.1, 0.15) is 5.60 Å². The van der Waals surface area contributed by atoms with E-state index in [0.29, 0.717) is 19.6 Å². The second kappa shape index (κ2) is 5.05. The Labute approximate surface area is 117 Å². The molecule has 3 amide bonds. The first-order valence-corrected chi connectivity index (χ1v) is 6.77. The van der Waals surface area contributed by atoms with Crippen molar-refractivity contribution in [1.29, 1.82) is 0 Å². The Morgan fingerprint density at radius 2 is 1.90 bits per heavy atom. The molecular weight excluding hydrogens is 262 g/mol. The Morgan fingerprint density at radius 1 is 1.30 bits per heavy atom. The average Bonchev–Trinajstić information content (AvgIpc) is 2.67. The molecule has 2 aliphatic rings. The summed E-state index contributed by atoms with van der Waals surface area (Å²) in [4.78, 5) is 38.5. The van der Waals surface area contributed by atoms with Crippen molar-refractivity contribution in [3.05, 3.63) is 0 Å². The van der Waals surface area contributed by atoms with Gasteiger partial charge in [0.05, 0.1) is 12.0 Å². The number of likely N-dealkylation sites (tertiary alicyclic amines) is 2. The lowest BCUT2D eigenvalue weighted by molar-refractivity contribution is -0.157. The van der Waals surface area contributed by atoms with E-state index in [1.54, 1.807) is 11.9 Å². The van der Waals surface area contributed by atoms with Crippen LogP contribution in [0.3, 0.4) is 0 Å². The van der Waals surface area contributed by atoms with Crippen molar-refractivity contribution in [3.8, 4) is 0 Å². The van der Waals surface area contributed by atoms with Gasteiger partial charge < -0.3 is 20.2 Å². The van der Waals surface area contributed by atoms with Crippen LogP contribution in [-0.2, 0) is 14.4 Å². The highest BCUT2D eigenvalue weighted by molar-refractivity contribution is 5.90. The molecule has 2 aliphatic heterocycles. The van der Waals surface area contributed by atoms with E-state index in [1.807, 2.05) is 0 Å². The molecule has 1 atom stereocenters. The van der Waals surface area contributed by atoms with Crippen molar-refractivity contribution in [2.24, 2.45) is 5.92 Å². The van der Waals surface area contributed by atoms with Gasteiger partial charge in [-0.3, -0.25) is 14.4 Å². The SMILES string of the molecule is CNC(=O)C1CC(=O)N(C2CN(C(=O)C(C)(C)O)C2)C1. The van der Waals surface area contributed by atoms with Crippen LogP contribution in [-0.4, -0.2) is 71.0 Å². The monoisotopic (exact) mass is 283 g/mol. The molecule has 112 valence electrons. The third-order valence-electron chi connectivity index (χ3n) is 3.89. The van der Waals surface area contributed by atoms with Crippen molar-refractivity contribution in [3.63, 3.8) is 0 Å². The van der Waals surface area contributed by atoms with Gasteiger partial charge in [0, 0.05) is 33.1 Å². The Morgan fingerprint density at radius 3 is 2.40 bits per heavy atom. The van der Waals surface area contributed by atoms with Crippen molar-refractivity contribution in [1.82, 2.24) is 15.1 Å². The van der Waals surface area contributed by atoms with Gasteiger partial charge in [0.2, 0.25) is 11.8 Å². The number of aliphatic hydroxyl groups is 1. The zero-order valence-corrected chi connectivity index (χ0v) is 12.0. The number of hydrogen-bond acceptors (Lipinski definition) is 4. The number of amides is 3. The van der Waals surface area contributed by atoms with Crippen LogP contribution in [0.5, 0.6) is 0 Å². The van der Waals surface area contributed by atoms with Crippen LogP contribution in [0.15, 0.2) is 0 Å². The van der Waals surface area contributed by atoms with Gasteiger partial charge in [0.15, 0.2) is 0 Å². The number of nitrogens with zero attached hydrogens (tertiary/aromatic N) is 2. The molecule has 0 aromatic rings. The van der Waals surface area contributed by atoms with E-state index in [4.69, 9.17) is 0 Å². The zero-order valence-electron chi connectivity index (χ0n) is 12.0. The molecule has 0 spiro atoms. The minimum atomic E-state index is -1.38. The molecule has 0 bridgehead atoms. The van der Waals surface area contributed by atoms with Crippen LogP contribution >= 0.6 is 0 Å². The smallest absolute Gasteiger partial charge is 0.254 e. The average molecular weight is 283 g/mol. The molecule has 2 fully saturated rings. The first-order chi connectivity index (χ1) is 9.24. The quantitative estimate of drug-likeness (QED) is 0.664. The molecule has 0 aliphatic carbocycles. The maximum absolute atomic E-state index is 11.9. The summed E-state index contributed by atoms with van der Waals surface area (Å²) in [7, 11) is 1.56. The molecule has 7 heteroatoms. The topological polar surface area (TPSA) is 90.0 Å². The summed E-state index contributed by atoms with van der Waals surface area (Å²) in [6.45, 7) is 4.16. The maximum Gasteiger partial charge on any atom is 0.254 e. The predicted octanol–water partition coefficient (Wildman–Crippen LogP) is -1.44. The molecule has 7 nitrogen and oxygen atoms in total. The van der Waals surface area contributed by atoms with E-state index < -0.39 is 5.60 Å². The van der Waals surface area contributed by atoms with Crippen molar-refractivity contribution >= 4 is 17.7 Å². The molecule has 1 unspecified atom stereocenters. The Kier molecular flexibility index (Phi) is 3.73. The lowest BCUT2D eigenvalue weighted by atomic mass is 10.0. The van der Waals surface area contributed by atoms with Crippen LogP contribution in [0.25, 0.3) is 0 Å². The van der Waals surface area contributed by atoms with Crippen molar-refractivity contribution in [2.45, 2.75) is 31.9 Å². The summed E-state index contributed by atoms with van der Waals surface area (Å²) in [6.07, 6.45) is 0.232. The molecular formula is C13H21N3O4. The fourth-order valence-corrected chi connectivity index (χ4v) is 2.67. The molecule has 0 aromatic carbocycles. The van der Waals surface area contributed by atoms with Crippen molar-refractivity contribution < 1.29 is 19.5 Å². The maximum atomic E-state index is 11.9. The fraction of sp³-hybridized carbons (Fsp3) is 0.769. The summed E-state index contributed by atoms with van der Waals surface area (Å²) in [6, 6.07) is -0.0385. The fourth-order valence-electron chi connectivity index (χ4n) is 2.67. The highest BCUT2D eigenvalue weighted by atomic mass is 16.3. The van der Waals surface area contributed by atoms with Gasteiger partial charge in [-0.25, -0.2) is 0 Å². The molecule has 0 aromatic heterocycles. The first-order valence-electron chi connectivity index (χ1n) is 6.77. The summed E-state index contributed by atoms with van der Waals surface area (Å²) >= 11 is 0. The van der Waals surface area contributed by atoms with Crippen molar-refractivity contribution in [2.75, 3.05) is 26.7 Å². The van der Waals surface area contributed by atoms with E-state index in [-0.39, 0.29) is 36.1 Å². The number of nitrogens with one attached hydrogen (secondary N) is 1. The number of rotatable bonds is 3. The zero-order chi connectivity index (χ0) is 15.1. The molecule has 2 heterocycles. The number of carbonyl (C=O) groups is 3. The second-order valence-corrected chi connectivity index (χ2v) is 5.98. The molecule has 0 saturated carbocycles. The summed E-state index contributed by atoms with van der Waals surface area (Å²) in [5, 5.41) is 12.2. The van der Waals surface area contributed by atoms with Crippen LogP contribution in [0.4, 0.5) is 0 Å². The van der Waals surface area contributed by atoms with Crippen LogP contribution in [0, 0.1) is 5.92 Å². The first kappa shape index (κ1) is 14.8. The van der Waals surface area contributed by atoms with Gasteiger partial charge >= 0.3 is 0 Å². The second-order valence-electron chi connectivity index (χ2n) is 5.98. The molecule has 2 saturated heterocycles. The minimum Gasteiger partial charge on any atom is -0.381 e. The minimum absolute atomic E-state index is 0.0385.